The molecule has 2 aromatic carbocycles. The number of rotatable bonds is 7. The van der Waals surface area contributed by atoms with Crippen LogP contribution in [0.2, 0.25) is 0 Å². The molecule has 6 heteroatoms. The van der Waals surface area contributed by atoms with Crippen molar-refractivity contribution >= 4 is 5.71 Å². The Morgan fingerprint density at radius 1 is 1.03 bits per heavy atom. The Balaban J connectivity index is 1.68. The molecule has 1 N–H and O–H groups in total. The summed E-state index contributed by atoms with van der Waals surface area (Å²) >= 11 is 0. The van der Waals surface area contributed by atoms with Crippen LogP contribution in [0.3, 0.4) is 0 Å². The predicted molar refractivity (Wildman–Crippen MR) is 112 cm³/mol. The third-order valence-corrected chi connectivity index (χ3v) is 6.24. The molecule has 2 aromatic rings. The van der Waals surface area contributed by atoms with Crippen molar-refractivity contribution in [3.8, 4) is 0 Å². The maximum Gasteiger partial charge on any atom is 0.123 e. The molecule has 2 aliphatic heterocycles. The van der Waals surface area contributed by atoms with Crippen LogP contribution < -0.4 is 5.32 Å². The molecule has 30 heavy (non-hydrogen) atoms. The summed E-state index contributed by atoms with van der Waals surface area (Å²) in [5, 5.41) is 8.00. The van der Waals surface area contributed by atoms with Crippen molar-refractivity contribution in [2.24, 2.45) is 11.1 Å². The summed E-state index contributed by atoms with van der Waals surface area (Å²) in [6.07, 6.45) is 3.34. The summed E-state index contributed by atoms with van der Waals surface area (Å²) in [6, 6.07) is 13.4. The smallest absolute Gasteiger partial charge is 0.123 e. The van der Waals surface area contributed by atoms with Gasteiger partial charge in [-0.3, -0.25) is 0 Å². The lowest BCUT2D eigenvalue weighted by atomic mass is 9.83. The van der Waals surface area contributed by atoms with E-state index in [1.807, 2.05) is 0 Å². The van der Waals surface area contributed by atoms with Crippen molar-refractivity contribution in [1.29, 1.82) is 0 Å². The zero-order chi connectivity index (χ0) is 21.1. The first-order chi connectivity index (χ1) is 14.6. The van der Waals surface area contributed by atoms with Gasteiger partial charge in [-0.1, -0.05) is 36.3 Å². The molecule has 0 aromatic heterocycles. The van der Waals surface area contributed by atoms with Crippen LogP contribution in [0.5, 0.6) is 0 Å². The number of nitrogens with zero attached hydrogens (tertiary/aromatic N) is 1. The first-order valence-corrected chi connectivity index (χ1v) is 10.6. The number of hydrogen-bond acceptors (Lipinski definition) is 4. The molecule has 0 spiro atoms. The van der Waals surface area contributed by atoms with Crippen LogP contribution in [0.1, 0.15) is 49.8 Å². The van der Waals surface area contributed by atoms with Crippen molar-refractivity contribution in [3.05, 3.63) is 71.3 Å². The standard InChI is InChI=1S/C24H28F2N2O2/c1-3-20(28-29-2)23-21-13-12-19(27-21)14-22(23)30-24(15-4-8-17(25)9-5-15)16-6-10-18(26)11-7-16/h4-11,19,21-24,27H,3,12-14H2,1-2H3/t19?,21-,22+,23+/m0/s1. The van der Waals surface area contributed by atoms with E-state index in [2.05, 4.69) is 17.4 Å². The van der Waals surface area contributed by atoms with Crippen LogP contribution in [0.25, 0.3) is 0 Å². The molecule has 1 unspecified atom stereocenters. The van der Waals surface area contributed by atoms with Gasteiger partial charge in [0.05, 0.1) is 11.8 Å². The quantitative estimate of drug-likeness (QED) is 0.513. The van der Waals surface area contributed by atoms with Gasteiger partial charge in [-0.25, -0.2) is 8.78 Å². The zero-order valence-corrected chi connectivity index (χ0v) is 17.4. The molecule has 4 nitrogen and oxygen atoms in total. The summed E-state index contributed by atoms with van der Waals surface area (Å²) in [5.41, 5.74) is 2.67. The Kier molecular flexibility index (Phi) is 6.44. The van der Waals surface area contributed by atoms with E-state index in [9.17, 15) is 8.78 Å². The maximum atomic E-state index is 13.5. The van der Waals surface area contributed by atoms with E-state index in [1.165, 1.54) is 24.3 Å². The van der Waals surface area contributed by atoms with Gasteiger partial charge in [-0.2, -0.15) is 0 Å². The SMILES string of the molecule is CCC(=NOC)[C@@H]1[C@@H]2CCC(C[C@H]1OC(c1ccc(F)cc1)c1ccc(F)cc1)N2. The Morgan fingerprint density at radius 3 is 2.17 bits per heavy atom. The Morgan fingerprint density at radius 2 is 1.63 bits per heavy atom. The van der Waals surface area contributed by atoms with Gasteiger partial charge in [0.1, 0.15) is 24.8 Å². The summed E-state index contributed by atoms with van der Waals surface area (Å²) in [4.78, 5) is 5.12. The maximum absolute atomic E-state index is 13.5. The van der Waals surface area contributed by atoms with Gasteiger partial charge in [0.15, 0.2) is 0 Å². The molecule has 2 aliphatic rings. The predicted octanol–water partition coefficient (Wildman–Crippen LogP) is 4.99. The molecule has 160 valence electrons. The lowest BCUT2D eigenvalue weighted by Crippen LogP contribution is -2.52. The molecule has 0 saturated carbocycles. The fraction of sp³-hybridized carbons (Fsp3) is 0.458. The number of nitrogens with one attached hydrogen (secondary N) is 1. The summed E-state index contributed by atoms with van der Waals surface area (Å²) in [7, 11) is 1.57. The van der Waals surface area contributed by atoms with Gasteiger partial charge in [0.25, 0.3) is 0 Å². The van der Waals surface area contributed by atoms with E-state index >= 15 is 0 Å². The highest BCUT2D eigenvalue weighted by molar-refractivity contribution is 5.87. The van der Waals surface area contributed by atoms with Crippen molar-refractivity contribution in [2.75, 3.05) is 7.11 Å². The second-order valence-electron chi connectivity index (χ2n) is 8.09. The molecule has 2 saturated heterocycles. The second-order valence-corrected chi connectivity index (χ2v) is 8.09. The Bertz CT molecular complexity index is 824. The highest BCUT2D eigenvalue weighted by atomic mass is 19.1. The number of hydrogen-bond donors (Lipinski definition) is 1. The minimum Gasteiger partial charge on any atom is -0.399 e. The van der Waals surface area contributed by atoms with Crippen LogP contribution >= 0.6 is 0 Å². The minimum absolute atomic E-state index is 0.0716. The molecule has 0 amide bonds. The summed E-state index contributed by atoms with van der Waals surface area (Å²) < 4.78 is 33.8. The largest absolute Gasteiger partial charge is 0.399 e. The van der Waals surface area contributed by atoms with Crippen LogP contribution in [-0.4, -0.2) is 31.0 Å². The highest BCUT2D eigenvalue weighted by Crippen LogP contribution is 2.39. The number of halogens is 2. The lowest BCUT2D eigenvalue weighted by Gasteiger charge is -2.39. The van der Waals surface area contributed by atoms with Crippen LogP contribution in [0.4, 0.5) is 8.78 Å². The Hall–Kier alpha value is -2.31. The number of ether oxygens (including phenoxy) is 1. The number of benzene rings is 2. The van der Waals surface area contributed by atoms with Crippen molar-refractivity contribution in [3.63, 3.8) is 0 Å². The monoisotopic (exact) mass is 414 g/mol. The molecular formula is C24H28F2N2O2. The molecule has 2 fully saturated rings. The van der Waals surface area contributed by atoms with Gasteiger partial charge in [0, 0.05) is 18.0 Å². The summed E-state index contributed by atoms with van der Waals surface area (Å²) in [5.74, 6) is -0.498. The van der Waals surface area contributed by atoms with Gasteiger partial charge >= 0.3 is 0 Å². The molecule has 0 aliphatic carbocycles. The normalized spacial score (nSPS) is 26.2. The lowest BCUT2D eigenvalue weighted by molar-refractivity contribution is -0.0366. The molecular weight excluding hydrogens is 386 g/mol. The number of oxime groups is 1. The topological polar surface area (TPSA) is 42.9 Å². The number of piperidine rings is 1. The highest BCUT2D eigenvalue weighted by Gasteiger charge is 2.45. The van der Waals surface area contributed by atoms with E-state index in [0.29, 0.717) is 12.1 Å². The minimum atomic E-state index is -0.420. The van der Waals surface area contributed by atoms with Crippen molar-refractivity contribution < 1.29 is 18.4 Å². The fourth-order valence-electron chi connectivity index (χ4n) is 4.87. The van der Waals surface area contributed by atoms with Gasteiger partial charge in [-0.15, -0.1) is 0 Å². The third kappa shape index (κ3) is 4.40. The van der Waals surface area contributed by atoms with Gasteiger partial charge < -0.3 is 14.9 Å². The van der Waals surface area contributed by atoms with Crippen LogP contribution in [0, 0.1) is 17.6 Å². The number of fused-ring (bicyclic) bond motifs is 2. The van der Waals surface area contributed by atoms with Gasteiger partial charge in [-0.05, 0) is 61.1 Å². The van der Waals surface area contributed by atoms with Crippen molar-refractivity contribution in [2.45, 2.75) is 56.9 Å². The van der Waals surface area contributed by atoms with E-state index in [1.54, 1.807) is 31.4 Å². The average molecular weight is 414 g/mol. The Labute approximate surface area is 176 Å². The average Bonchev–Trinajstić information content (AvgIpc) is 3.14. The zero-order valence-electron chi connectivity index (χ0n) is 17.4. The van der Waals surface area contributed by atoms with E-state index < -0.39 is 6.10 Å². The molecule has 0 radical (unpaired) electrons. The van der Waals surface area contributed by atoms with Crippen molar-refractivity contribution in [1.82, 2.24) is 5.32 Å². The first-order valence-electron chi connectivity index (χ1n) is 10.6. The van der Waals surface area contributed by atoms with E-state index in [4.69, 9.17) is 9.57 Å². The first kappa shape index (κ1) is 20.9. The van der Waals surface area contributed by atoms with E-state index in [-0.39, 0.29) is 23.7 Å². The van der Waals surface area contributed by atoms with Crippen LogP contribution in [-0.2, 0) is 9.57 Å². The molecule has 2 bridgehead atoms. The third-order valence-electron chi connectivity index (χ3n) is 6.24. The van der Waals surface area contributed by atoms with E-state index in [0.717, 1.165) is 42.5 Å². The van der Waals surface area contributed by atoms with Gasteiger partial charge in [0.2, 0.25) is 0 Å². The second kappa shape index (κ2) is 9.23. The molecule has 2 heterocycles. The van der Waals surface area contributed by atoms with Crippen LogP contribution in [0.15, 0.2) is 53.7 Å². The fourth-order valence-corrected chi connectivity index (χ4v) is 4.87. The molecule has 4 atom stereocenters. The molecule has 4 rings (SSSR count). The summed E-state index contributed by atoms with van der Waals surface area (Å²) in [6.45, 7) is 2.08.